The van der Waals surface area contributed by atoms with Gasteiger partial charge in [0, 0.05) is 0 Å². The summed E-state index contributed by atoms with van der Waals surface area (Å²) in [4.78, 5) is 4.48. The Morgan fingerprint density at radius 2 is 2.33 bits per heavy atom. The summed E-state index contributed by atoms with van der Waals surface area (Å²) < 4.78 is 0. The van der Waals surface area contributed by atoms with E-state index in [0.29, 0.717) is 5.02 Å². The number of benzene rings is 1. The number of phenols is 1. The molecule has 12 heavy (non-hydrogen) atoms. The largest absolute Gasteiger partial charge is 0.506 e. The molecule has 0 aliphatic heterocycles. The summed E-state index contributed by atoms with van der Waals surface area (Å²) in [5, 5.41) is 12.9. The van der Waals surface area contributed by atoms with E-state index < -0.39 is 0 Å². The standard InChI is InChI=1S/C8H8ClNO2/c1-12-10-5-6-2-3-8(11)7(9)4-6/h2-5,11H,1H3. The zero-order valence-electron chi connectivity index (χ0n) is 6.49. The highest BCUT2D eigenvalue weighted by molar-refractivity contribution is 6.32. The van der Waals surface area contributed by atoms with E-state index in [1.54, 1.807) is 12.1 Å². The molecule has 1 aromatic rings. The van der Waals surface area contributed by atoms with Crippen molar-refractivity contribution in [1.82, 2.24) is 0 Å². The summed E-state index contributed by atoms with van der Waals surface area (Å²) in [5.41, 5.74) is 0.777. The molecular weight excluding hydrogens is 178 g/mol. The van der Waals surface area contributed by atoms with Gasteiger partial charge in [-0.05, 0) is 23.8 Å². The van der Waals surface area contributed by atoms with Crippen molar-refractivity contribution in [3.8, 4) is 5.75 Å². The molecule has 0 radical (unpaired) electrons. The maximum absolute atomic E-state index is 9.06. The average molecular weight is 186 g/mol. The fraction of sp³-hybridized carbons (Fsp3) is 0.125. The van der Waals surface area contributed by atoms with E-state index in [1.807, 2.05) is 0 Å². The van der Waals surface area contributed by atoms with Crippen LogP contribution in [0.3, 0.4) is 0 Å². The van der Waals surface area contributed by atoms with Gasteiger partial charge in [-0.25, -0.2) is 0 Å². The summed E-state index contributed by atoms with van der Waals surface area (Å²) in [5.74, 6) is 0.0613. The highest BCUT2D eigenvalue weighted by Crippen LogP contribution is 2.22. The lowest BCUT2D eigenvalue weighted by Crippen LogP contribution is -1.81. The van der Waals surface area contributed by atoms with Crippen LogP contribution >= 0.6 is 11.6 Å². The first kappa shape index (κ1) is 8.87. The Morgan fingerprint density at radius 3 is 2.92 bits per heavy atom. The molecule has 0 aliphatic rings. The Bertz CT molecular complexity index is 299. The molecule has 0 bridgehead atoms. The van der Waals surface area contributed by atoms with Crippen LogP contribution in [0, 0.1) is 0 Å². The van der Waals surface area contributed by atoms with Crippen LogP contribution in [0.1, 0.15) is 5.56 Å². The lowest BCUT2D eigenvalue weighted by atomic mass is 10.2. The number of hydrogen-bond donors (Lipinski definition) is 1. The van der Waals surface area contributed by atoms with Crippen LogP contribution in [-0.4, -0.2) is 18.4 Å². The molecule has 0 spiro atoms. The van der Waals surface area contributed by atoms with Gasteiger partial charge in [0.25, 0.3) is 0 Å². The molecule has 0 aromatic heterocycles. The van der Waals surface area contributed by atoms with Gasteiger partial charge in [-0.15, -0.1) is 0 Å². The third-order valence-corrected chi connectivity index (χ3v) is 1.58. The van der Waals surface area contributed by atoms with Crippen molar-refractivity contribution in [3.63, 3.8) is 0 Å². The van der Waals surface area contributed by atoms with Gasteiger partial charge in [-0.1, -0.05) is 16.8 Å². The Kier molecular flexibility index (Phi) is 2.94. The Balaban J connectivity index is 2.89. The molecular formula is C8H8ClNO2. The topological polar surface area (TPSA) is 41.8 Å². The molecule has 0 heterocycles. The van der Waals surface area contributed by atoms with E-state index in [1.165, 1.54) is 19.4 Å². The van der Waals surface area contributed by atoms with Gasteiger partial charge in [0.1, 0.15) is 12.9 Å². The molecule has 0 aliphatic carbocycles. The molecule has 3 nitrogen and oxygen atoms in total. The number of oxime groups is 1. The molecule has 64 valence electrons. The number of nitrogens with zero attached hydrogens (tertiary/aromatic N) is 1. The van der Waals surface area contributed by atoms with Crippen molar-refractivity contribution in [3.05, 3.63) is 28.8 Å². The van der Waals surface area contributed by atoms with Crippen LogP contribution in [0.4, 0.5) is 0 Å². The predicted octanol–water partition coefficient (Wildman–Crippen LogP) is 2.03. The summed E-state index contributed by atoms with van der Waals surface area (Å²) >= 11 is 5.64. The minimum absolute atomic E-state index is 0.0613. The molecule has 0 saturated heterocycles. The van der Waals surface area contributed by atoms with Crippen LogP contribution in [0.15, 0.2) is 23.4 Å². The monoisotopic (exact) mass is 185 g/mol. The number of rotatable bonds is 2. The van der Waals surface area contributed by atoms with E-state index in [0.717, 1.165) is 5.56 Å². The lowest BCUT2D eigenvalue weighted by molar-refractivity contribution is 0.215. The quantitative estimate of drug-likeness (QED) is 0.566. The molecule has 1 aromatic carbocycles. The fourth-order valence-corrected chi connectivity index (χ4v) is 0.906. The van der Waals surface area contributed by atoms with Crippen molar-refractivity contribution < 1.29 is 9.94 Å². The second-order valence-electron chi connectivity index (χ2n) is 2.13. The molecule has 0 atom stereocenters. The minimum Gasteiger partial charge on any atom is -0.506 e. The predicted molar refractivity (Wildman–Crippen MR) is 47.7 cm³/mol. The summed E-state index contributed by atoms with van der Waals surface area (Å²) in [6.45, 7) is 0. The molecule has 1 rings (SSSR count). The minimum atomic E-state index is 0.0613. The van der Waals surface area contributed by atoms with Crippen molar-refractivity contribution in [2.45, 2.75) is 0 Å². The third kappa shape index (κ3) is 2.13. The van der Waals surface area contributed by atoms with Crippen molar-refractivity contribution in [2.24, 2.45) is 5.16 Å². The van der Waals surface area contributed by atoms with Gasteiger partial charge < -0.3 is 9.94 Å². The number of aromatic hydroxyl groups is 1. The first-order chi connectivity index (χ1) is 5.74. The van der Waals surface area contributed by atoms with Gasteiger partial charge in [-0.3, -0.25) is 0 Å². The second kappa shape index (κ2) is 3.97. The lowest BCUT2D eigenvalue weighted by Gasteiger charge is -1.96. The van der Waals surface area contributed by atoms with E-state index in [9.17, 15) is 0 Å². The van der Waals surface area contributed by atoms with Gasteiger partial charge in [0.2, 0.25) is 0 Å². The molecule has 0 fully saturated rings. The van der Waals surface area contributed by atoms with Crippen LogP contribution < -0.4 is 0 Å². The number of phenolic OH excluding ortho intramolecular Hbond substituents is 1. The highest BCUT2D eigenvalue weighted by Gasteiger charge is 1.97. The van der Waals surface area contributed by atoms with Gasteiger partial charge in [0.05, 0.1) is 11.2 Å². The fourth-order valence-electron chi connectivity index (χ4n) is 0.717. The van der Waals surface area contributed by atoms with Crippen LogP contribution in [0.2, 0.25) is 5.02 Å². The number of halogens is 1. The summed E-state index contributed by atoms with van der Waals surface area (Å²) in [7, 11) is 1.46. The van der Waals surface area contributed by atoms with Crippen molar-refractivity contribution >= 4 is 17.8 Å². The molecule has 0 amide bonds. The van der Waals surface area contributed by atoms with Crippen molar-refractivity contribution in [2.75, 3.05) is 7.11 Å². The second-order valence-corrected chi connectivity index (χ2v) is 2.54. The highest BCUT2D eigenvalue weighted by atomic mass is 35.5. The first-order valence-corrected chi connectivity index (χ1v) is 3.67. The zero-order valence-corrected chi connectivity index (χ0v) is 7.25. The van der Waals surface area contributed by atoms with Gasteiger partial charge in [0.15, 0.2) is 0 Å². The average Bonchev–Trinajstić information content (AvgIpc) is 2.07. The van der Waals surface area contributed by atoms with Crippen LogP contribution in [0.5, 0.6) is 5.75 Å². The third-order valence-electron chi connectivity index (χ3n) is 1.28. The first-order valence-electron chi connectivity index (χ1n) is 3.29. The van der Waals surface area contributed by atoms with E-state index in [-0.39, 0.29) is 5.75 Å². The number of hydrogen-bond acceptors (Lipinski definition) is 3. The van der Waals surface area contributed by atoms with Crippen LogP contribution in [0.25, 0.3) is 0 Å². The Labute approximate surface area is 75.2 Å². The van der Waals surface area contributed by atoms with E-state index in [2.05, 4.69) is 9.99 Å². The molecule has 1 N–H and O–H groups in total. The Hall–Kier alpha value is -1.22. The molecule has 0 unspecified atom stereocenters. The summed E-state index contributed by atoms with van der Waals surface area (Å²) in [6, 6.07) is 4.78. The smallest absolute Gasteiger partial charge is 0.134 e. The maximum atomic E-state index is 9.06. The van der Waals surface area contributed by atoms with Crippen molar-refractivity contribution in [1.29, 1.82) is 0 Å². The van der Waals surface area contributed by atoms with E-state index in [4.69, 9.17) is 16.7 Å². The van der Waals surface area contributed by atoms with Gasteiger partial charge in [-0.2, -0.15) is 0 Å². The normalized spacial score (nSPS) is 10.5. The van der Waals surface area contributed by atoms with Crippen LogP contribution in [-0.2, 0) is 4.84 Å². The SMILES string of the molecule is CON=Cc1ccc(O)c(Cl)c1. The maximum Gasteiger partial charge on any atom is 0.134 e. The Morgan fingerprint density at radius 1 is 1.58 bits per heavy atom. The molecule has 4 heteroatoms. The van der Waals surface area contributed by atoms with Gasteiger partial charge >= 0.3 is 0 Å². The van der Waals surface area contributed by atoms with E-state index >= 15 is 0 Å². The summed E-state index contributed by atoms with van der Waals surface area (Å²) in [6.07, 6.45) is 1.51. The molecule has 0 saturated carbocycles. The zero-order chi connectivity index (χ0) is 8.97.